The molecule has 0 aliphatic heterocycles. The van der Waals surface area contributed by atoms with Crippen LogP contribution in [0.5, 0.6) is 5.75 Å². The molecule has 1 rings (SSSR count). The number of benzene rings is 1. The van der Waals surface area contributed by atoms with Crippen molar-refractivity contribution >= 4 is 0 Å². The Morgan fingerprint density at radius 1 is 1.27 bits per heavy atom. The minimum atomic E-state index is -2.76. The second-order valence-corrected chi connectivity index (χ2v) is 3.54. The normalized spacial score (nSPS) is 12.9. The van der Waals surface area contributed by atoms with Crippen LogP contribution >= 0.6 is 0 Å². The standard InChI is InChI=1S/C11H15F2NO/c1-8(14)2-3-9-4-6-10(7-5-9)15-11(12)13/h4-8,11H,2-3,14H2,1H3. The zero-order valence-electron chi connectivity index (χ0n) is 8.62. The third kappa shape index (κ3) is 4.74. The first kappa shape index (κ1) is 11.9. The highest BCUT2D eigenvalue weighted by molar-refractivity contribution is 5.27. The van der Waals surface area contributed by atoms with E-state index in [9.17, 15) is 8.78 Å². The Balaban J connectivity index is 2.49. The fourth-order valence-electron chi connectivity index (χ4n) is 1.23. The van der Waals surface area contributed by atoms with E-state index in [1.165, 1.54) is 0 Å². The molecule has 0 radical (unpaired) electrons. The zero-order valence-corrected chi connectivity index (χ0v) is 8.62. The van der Waals surface area contributed by atoms with Crippen LogP contribution < -0.4 is 10.5 Å². The molecule has 0 saturated carbocycles. The van der Waals surface area contributed by atoms with Gasteiger partial charge in [-0.05, 0) is 37.5 Å². The lowest BCUT2D eigenvalue weighted by molar-refractivity contribution is -0.0498. The van der Waals surface area contributed by atoms with Gasteiger partial charge in [-0.3, -0.25) is 0 Å². The van der Waals surface area contributed by atoms with E-state index in [-0.39, 0.29) is 11.8 Å². The molecule has 0 aliphatic rings. The summed E-state index contributed by atoms with van der Waals surface area (Å²) in [6.45, 7) is -0.825. The number of rotatable bonds is 5. The minimum Gasteiger partial charge on any atom is -0.435 e. The smallest absolute Gasteiger partial charge is 0.387 e. The largest absolute Gasteiger partial charge is 0.435 e. The second kappa shape index (κ2) is 5.66. The molecular weight excluding hydrogens is 200 g/mol. The van der Waals surface area contributed by atoms with Crippen molar-refractivity contribution in [3.8, 4) is 5.75 Å². The van der Waals surface area contributed by atoms with Gasteiger partial charge in [0.1, 0.15) is 5.75 Å². The SMILES string of the molecule is CC(N)CCc1ccc(OC(F)F)cc1. The zero-order chi connectivity index (χ0) is 11.3. The highest BCUT2D eigenvalue weighted by Gasteiger charge is 2.03. The average molecular weight is 215 g/mol. The summed E-state index contributed by atoms with van der Waals surface area (Å²) in [6, 6.07) is 6.80. The Labute approximate surface area is 88.0 Å². The van der Waals surface area contributed by atoms with Gasteiger partial charge in [0.05, 0.1) is 0 Å². The summed E-state index contributed by atoms with van der Waals surface area (Å²) in [4.78, 5) is 0. The molecule has 4 heteroatoms. The summed E-state index contributed by atoms with van der Waals surface area (Å²) in [5.41, 5.74) is 6.69. The van der Waals surface area contributed by atoms with Crippen LogP contribution in [0.25, 0.3) is 0 Å². The molecule has 0 spiro atoms. The highest BCUT2D eigenvalue weighted by atomic mass is 19.3. The Hall–Kier alpha value is -1.16. The average Bonchev–Trinajstić information content (AvgIpc) is 2.16. The third-order valence-corrected chi connectivity index (χ3v) is 2.04. The monoisotopic (exact) mass is 215 g/mol. The predicted octanol–water partition coefficient (Wildman–Crippen LogP) is 2.57. The number of halogens is 2. The van der Waals surface area contributed by atoms with Gasteiger partial charge in [0.25, 0.3) is 0 Å². The fourth-order valence-corrected chi connectivity index (χ4v) is 1.23. The molecule has 0 fully saturated rings. The van der Waals surface area contributed by atoms with Crippen LogP contribution in [0.1, 0.15) is 18.9 Å². The minimum absolute atomic E-state index is 0.155. The lowest BCUT2D eigenvalue weighted by Crippen LogP contribution is -2.15. The maximum Gasteiger partial charge on any atom is 0.387 e. The number of aryl methyl sites for hydroxylation is 1. The molecule has 84 valence electrons. The molecular formula is C11H15F2NO. The first-order chi connectivity index (χ1) is 7.08. The van der Waals surface area contributed by atoms with Gasteiger partial charge >= 0.3 is 6.61 Å². The van der Waals surface area contributed by atoms with Crippen molar-refractivity contribution in [1.82, 2.24) is 0 Å². The van der Waals surface area contributed by atoms with Crippen molar-refractivity contribution in [2.24, 2.45) is 5.73 Å². The van der Waals surface area contributed by atoms with Gasteiger partial charge in [0, 0.05) is 6.04 Å². The van der Waals surface area contributed by atoms with E-state index < -0.39 is 6.61 Å². The molecule has 15 heavy (non-hydrogen) atoms. The predicted molar refractivity (Wildman–Crippen MR) is 55.0 cm³/mol. The van der Waals surface area contributed by atoms with Gasteiger partial charge in [-0.2, -0.15) is 8.78 Å². The maximum atomic E-state index is 11.8. The summed E-state index contributed by atoms with van der Waals surface area (Å²) in [5.74, 6) is 0.189. The summed E-state index contributed by atoms with van der Waals surface area (Å²) < 4.78 is 27.9. The molecule has 0 heterocycles. The van der Waals surface area contributed by atoms with Gasteiger partial charge < -0.3 is 10.5 Å². The summed E-state index contributed by atoms with van der Waals surface area (Å²) in [7, 11) is 0. The number of alkyl halides is 2. The number of nitrogens with two attached hydrogens (primary N) is 1. The van der Waals surface area contributed by atoms with Gasteiger partial charge in [0.15, 0.2) is 0 Å². The van der Waals surface area contributed by atoms with E-state index >= 15 is 0 Å². The maximum absolute atomic E-state index is 11.8. The molecule has 0 aliphatic carbocycles. The Kier molecular flexibility index (Phi) is 4.49. The van der Waals surface area contributed by atoms with Gasteiger partial charge in [0.2, 0.25) is 0 Å². The Bertz CT molecular complexity index is 285. The van der Waals surface area contributed by atoms with Crippen LogP contribution in [0.4, 0.5) is 8.78 Å². The Morgan fingerprint density at radius 3 is 2.33 bits per heavy atom. The van der Waals surface area contributed by atoms with E-state index in [0.29, 0.717) is 0 Å². The second-order valence-electron chi connectivity index (χ2n) is 3.54. The molecule has 2 nitrogen and oxygen atoms in total. The number of hydrogen-bond donors (Lipinski definition) is 1. The molecule has 1 unspecified atom stereocenters. The Morgan fingerprint density at radius 2 is 1.87 bits per heavy atom. The first-order valence-corrected chi connectivity index (χ1v) is 4.87. The molecule has 0 amide bonds. The topological polar surface area (TPSA) is 35.2 Å². The van der Waals surface area contributed by atoms with Crippen molar-refractivity contribution in [1.29, 1.82) is 0 Å². The fraction of sp³-hybridized carbons (Fsp3) is 0.455. The first-order valence-electron chi connectivity index (χ1n) is 4.87. The van der Waals surface area contributed by atoms with Crippen LogP contribution in [0, 0.1) is 0 Å². The molecule has 1 aromatic rings. The molecule has 0 bridgehead atoms. The van der Waals surface area contributed by atoms with E-state index in [2.05, 4.69) is 4.74 Å². The van der Waals surface area contributed by atoms with Gasteiger partial charge in [-0.25, -0.2) is 0 Å². The highest BCUT2D eigenvalue weighted by Crippen LogP contribution is 2.15. The quantitative estimate of drug-likeness (QED) is 0.819. The third-order valence-electron chi connectivity index (χ3n) is 2.04. The van der Waals surface area contributed by atoms with Crippen LogP contribution in [0.2, 0.25) is 0 Å². The van der Waals surface area contributed by atoms with Crippen LogP contribution in [-0.2, 0) is 6.42 Å². The number of ether oxygens (including phenoxy) is 1. The van der Waals surface area contributed by atoms with Crippen LogP contribution in [0.3, 0.4) is 0 Å². The molecule has 0 aromatic heterocycles. The van der Waals surface area contributed by atoms with Crippen LogP contribution in [-0.4, -0.2) is 12.7 Å². The van der Waals surface area contributed by atoms with E-state index in [0.717, 1.165) is 18.4 Å². The van der Waals surface area contributed by atoms with Gasteiger partial charge in [-0.1, -0.05) is 12.1 Å². The summed E-state index contributed by atoms with van der Waals surface area (Å²) >= 11 is 0. The lowest BCUT2D eigenvalue weighted by atomic mass is 10.1. The molecule has 1 atom stereocenters. The van der Waals surface area contributed by atoms with Crippen LogP contribution in [0.15, 0.2) is 24.3 Å². The van der Waals surface area contributed by atoms with Crippen molar-refractivity contribution in [3.05, 3.63) is 29.8 Å². The summed E-state index contributed by atoms with van der Waals surface area (Å²) in [5, 5.41) is 0. The lowest BCUT2D eigenvalue weighted by Gasteiger charge is -2.07. The molecule has 1 aromatic carbocycles. The molecule has 2 N–H and O–H groups in total. The number of hydrogen-bond acceptors (Lipinski definition) is 2. The van der Waals surface area contributed by atoms with Gasteiger partial charge in [-0.15, -0.1) is 0 Å². The summed E-state index contributed by atoms with van der Waals surface area (Å²) in [6.07, 6.45) is 1.74. The van der Waals surface area contributed by atoms with Crippen molar-refractivity contribution in [2.45, 2.75) is 32.4 Å². The van der Waals surface area contributed by atoms with E-state index in [1.807, 2.05) is 6.92 Å². The van der Waals surface area contributed by atoms with Crippen molar-refractivity contribution < 1.29 is 13.5 Å². The van der Waals surface area contributed by atoms with Crippen molar-refractivity contribution in [3.63, 3.8) is 0 Å². The van der Waals surface area contributed by atoms with E-state index in [1.54, 1.807) is 24.3 Å². The van der Waals surface area contributed by atoms with E-state index in [4.69, 9.17) is 5.73 Å². The molecule has 0 saturated heterocycles. The van der Waals surface area contributed by atoms with Crippen molar-refractivity contribution in [2.75, 3.05) is 0 Å².